The number of carbonyl (C=O) groups is 1. The molecule has 2 aliphatic heterocycles. The molecule has 178 valence electrons. The number of nitrogens with two attached hydrogens (primary N) is 1. The van der Waals surface area contributed by atoms with E-state index >= 15 is 0 Å². The van der Waals surface area contributed by atoms with Gasteiger partial charge in [-0.25, -0.2) is 19.0 Å². The van der Waals surface area contributed by atoms with Crippen molar-refractivity contribution in [2.45, 2.75) is 38.5 Å². The van der Waals surface area contributed by atoms with E-state index < -0.39 is 28.5 Å². The summed E-state index contributed by atoms with van der Waals surface area (Å²) in [6, 6.07) is 4.61. The Morgan fingerprint density at radius 3 is 2.74 bits per heavy atom. The van der Waals surface area contributed by atoms with Crippen LogP contribution in [0.2, 0.25) is 0 Å². The lowest BCUT2D eigenvalue weighted by Gasteiger charge is -2.44. The van der Waals surface area contributed by atoms with E-state index in [9.17, 15) is 19.1 Å². The van der Waals surface area contributed by atoms with Gasteiger partial charge in [0.2, 0.25) is 5.75 Å². The third-order valence-corrected chi connectivity index (χ3v) is 6.53. The van der Waals surface area contributed by atoms with Gasteiger partial charge in [-0.05, 0) is 37.5 Å². The van der Waals surface area contributed by atoms with Crippen LogP contribution in [0.3, 0.4) is 0 Å². The van der Waals surface area contributed by atoms with E-state index in [0.717, 1.165) is 5.56 Å². The predicted octanol–water partition coefficient (Wildman–Crippen LogP) is 0.598. The standard InChI is InChI=1S/C22H24FN7O4/c1-13-25-12-26-30(13)16-10-15(23)3-2-14(16)11-28-6-4-22(5-7-28)21-27-17(19(24)32)18(31)20(33)29(21)8-9-34-22/h2-3,10,12,31H,4-9,11H2,1H3,(H2,24,32). The maximum absolute atomic E-state index is 14.0. The van der Waals surface area contributed by atoms with Crippen LogP contribution in [-0.4, -0.2) is 59.9 Å². The van der Waals surface area contributed by atoms with E-state index in [1.807, 2.05) is 0 Å². The van der Waals surface area contributed by atoms with Crippen LogP contribution in [0.15, 0.2) is 29.3 Å². The van der Waals surface area contributed by atoms with Gasteiger partial charge in [-0.3, -0.25) is 19.1 Å². The fraction of sp³-hybridized carbons (Fsp3) is 0.409. The molecule has 0 radical (unpaired) electrons. The topological polar surface area (TPSA) is 141 Å². The second-order valence-electron chi connectivity index (χ2n) is 8.56. The number of rotatable bonds is 4. The van der Waals surface area contributed by atoms with Crippen LogP contribution in [0.1, 0.15) is 40.5 Å². The molecule has 11 nitrogen and oxygen atoms in total. The van der Waals surface area contributed by atoms with Crippen molar-refractivity contribution >= 4 is 5.91 Å². The number of aryl methyl sites for hydroxylation is 1. The number of halogens is 1. The highest BCUT2D eigenvalue weighted by Crippen LogP contribution is 2.38. The summed E-state index contributed by atoms with van der Waals surface area (Å²) in [4.78, 5) is 35.0. The zero-order chi connectivity index (χ0) is 24.0. The van der Waals surface area contributed by atoms with Gasteiger partial charge in [0.15, 0.2) is 5.69 Å². The van der Waals surface area contributed by atoms with Gasteiger partial charge in [-0.2, -0.15) is 5.10 Å². The molecule has 0 bridgehead atoms. The molecular weight excluding hydrogens is 445 g/mol. The SMILES string of the molecule is Cc1ncnn1-c1cc(F)ccc1CN1CCC2(CC1)OCCn1c2nc(C(N)=O)c(O)c1=O. The first kappa shape index (κ1) is 22.2. The number of amides is 1. The fourth-order valence-electron chi connectivity index (χ4n) is 4.75. The first-order valence-corrected chi connectivity index (χ1v) is 10.9. The van der Waals surface area contributed by atoms with Crippen molar-refractivity contribution in [3.05, 3.63) is 63.6 Å². The second-order valence-corrected chi connectivity index (χ2v) is 8.56. The minimum Gasteiger partial charge on any atom is -0.501 e. The van der Waals surface area contributed by atoms with Gasteiger partial charge in [-0.15, -0.1) is 0 Å². The fourth-order valence-corrected chi connectivity index (χ4v) is 4.75. The Labute approximate surface area is 193 Å². The van der Waals surface area contributed by atoms with Gasteiger partial charge in [0.1, 0.15) is 29.4 Å². The van der Waals surface area contributed by atoms with Crippen LogP contribution in [0, 0.1) is 12.7 Å². The number of fused-ring (bicyclic) bond motifs is 2. The number of aromatic nitrogens is 5. The molecular formula is C22H24FN7O4. The first-order chi connectivity index (χ1) is 16.3. The molecule has 0 aliphatic carbocycles. The molecule has 0 unspecified atom stereocenters. The highest BCUT2D eigenvalue weighted by molar-refractivity contribution is 5.93. The van der Waals surface area contributed by atoms with Crippen molar-refractivity contribution in [1.82, 2.24) is 29.2 Å². The monoisotopic (exact) mass is 469 g/mol. The van der Waals surface area contributed by atoms with E-state index in [2.05, 4.69) is 20.0 Å². The molecule has 3 aromatic rings. The summed E-state index contributed by atoms with van der Waals surface area (Å²) in [5.41, 5.74) is 4.85. The summed E-state index contributed by atoms with van der Waals surface area (Å²) in [6.07, 6.45) is 2.46. The molecule has 1 saturated heterocycles. The smallest absolute Gasteiger partial charge is 0.296 e. The lowest BCUT2D eigenvalue weighted by Crippen LogP contribution is -2.51. The van der Waals surface area contributed by atoms with Gasteiger partial charge in [0, 0.05) is 19.6 Å². The summed E-state index contributed by atoms with van der Waals surface area (Å²) in [5, 5.41) is 14.3. The molecule has 1 aromatic carbocycles. The number of carbonyl (C=O) groups excluding carboxylic acids is 1. The number of piperidine rings is 1. The number of nitrogens with zero attached hydrogens (tertiary/aromatic N) is 6. The normalized spacial score (nSPS) is 17.6. The molecule has 1 fully saturated rings. The summed E-state index contributed by atoms with van der Waals surface area (Å²) in [7, 11) is 0. The molecule has 4 heterocycles. The lowest BCUT2D eigenvalue weighted by molar-refractivity contribution is -0.118. The van der Waals surface area contributed by atoms with Crippen LogP contribution < -0.4 is 11.3 Å². The lowest BCUT2D eigenvalue weighted by atomic mass is 9.88. The van der Waals surface area contributed by atoms with E-state index in [1.165, 1.54) is 23.0 Å². The summed E-state index contributed by atoms with van der Waals surface area (Å²) < 4.78 is 23.1. The molecule has 1 amide bonds. The molecule has 3 N–H and O–H groups in total. The maximum Gasteiger partial charge on any atom is 0.296 e. The third kappa shape index (κ3) is 3.64. The summed E-state index contributed by atoms with van der Waals surface area (Å²) in [6.45, 7) is 4.09. The number of likely N-dealkylation sites (tertiary alicyclic amines) is 1. The van der Waals surface area contributed by atoms with Gasteiger partial charge >= 0.3 is 0 Å². The number of ether oxygens (including phenoxy) is 1. The molecule has 2 aromatic heterocycles. The average Bonchev–Trinajstić information content (AvgIpc) is 3.24. The molecule has 0 atom stereocenters. The molecule has 34 heavy (non-hydrogen) atoms. The Hall–Kier alpha value is -3.64. The Kier molecular flexibility index (Phi) is 5.41. The van der Waals surface area contributed by atoms with Crippen LogP contribution >= 0.6 is 0 Å². The number of hydrogen-bond donors (Lipinski definition) is 2. The van der Waals surface area contributed by atoms with Crippen LogP contribution in [0.25, 0.3) is 5.69 Å². The van der Waals surface area contributed by atoms with Crippen molar-refractivity contribution in [2.24, 2.45) is 5.73 Å². The number of benzene rings is 1. The van der Waals surface area contributed by atoms with E-state index in [1.54, 1.807) is 17.7 Å². The Bertz CT molecular complexity index is 1330. The predicted molar refractivity (Wildman–Crippen MR) is 117 cm³/mol. The zero-order valence-corrected chi connectivity index (χ0v) is 18.6. The minimum absolute atomic E-state index is 0.232. The van der Waals surface area contributed by atoms with Gasteiger partial charge < -0.3 is 15.6 Å². The molecule has 5 rings (SSSR count). The first-order valence-electron chi connectivity index (χ1n) is 10.9. The van der Waals surface area contributed by atoms with Gasteiger partial charge in [-0.1, -0.05) is 6.07 Å². The largest absolute Gasteiger partial charge is 0.501 e. The van der Waals surface area contributed by atoms with Gasteiger partial charge in [0.05, 0.1) is 18.8 Å². The summed E-state index contributed by atoms with van der Waals surface area (Å²) >= 11 is 0. The van der Waals surface area contributed by atoms with Crippen molar-refractivity contribution in [1.29, 1.82) is 0 Å². The van der Waals surface area contributed by atoms with Crippen molar-refractivity contribution in [2.75, 3.05) is 19.7 Å². The molecule has 2 aliphatic rings. The highest BCUT2D eigenvalue weighted by atomic mass is 19.1. The Morgan fingerprint density at radius 2 is 2.06 bits per heavy atom. The Morgan fingerprint density at radius 1 is 1.29 bits per heavy atom. The van der Waals surface area contributed by atoms with Crippen LogP contribution in [-0.2, 0) is 23.4 Å². The molecule has 12 heteroatoms. The highest BCUT2D eigenvalue weighted by Gasteiger charge is 2.44. The summed E-state index contributed by atoms with van der Waals surface area (Å²) in [5.74, 6) is -1.10. The number of primary amides is 1. The second kappa shape index (κ2) is 8.29. The van der Waals surface area contributed by atoms with E-state index in [-0.39, 0.29) is 19.0 Å². The number of aromatic hydroxyl groups is 1. The van der Waals surface area contributed by atoms with Crippen molar-refractivity contribution < 1.29 is 19.0 Å². The van der Waals surface area contributed by atoms with Crippen molar-refractivity contribution in [3.63, 3.8) is 0 Å². The minimum atomic E-state index is -0.969. The third-order valence-electron chi connectivity index (χ3n) is 6.53. The van der Waals surface area contributed by atoms with E-state index in [0.29, 0.717) is 49.8 Å². The Balaban J connectivity index is 1.41. The van der Waals surface area contributed by atoms with Crippen molar-refractivity contribution in [3.8, 4) is 11.4 Å². The van der Waals surface area contributed by atoms with Gasteiger partial charge in [0.25, 0.3) is 11.5 Å². The molecule has 1 spiro atoms. The number of hydrogen-bond acceptors (Lipinski definition) is 8. The van der Waals surface area contributed by atoms with Crippen LogP contribution in [0.5, 0.6) is 5.75 Å². The average molecular weight is 469 g/mol. The van der Waals surface area contributed by atoms with Crippen LogP contribution in [0.4, 0.5) is 4.39 Å². The maximum atomic E-state index is 14.0. The zero-order valence-electron chi connectivity index (χ0n) is 18.6. The molecule has 0 saturated carbocycles. The quantitative estimate of drug-likeness (QED) is 0.566. The van der Waals surface area contributed by atoms with E-state index in [4.69, 9.17) is 10.5 Å².